The molecule has 0 amide bonds. The maximum atomic E-state index is 12.5. The summed E-state index contributed by atoms with van der Waals surface area (Å²) < 4.78 is 5.91. The van der Waals surface area contributed by atoms with Gasteiger partial charge in [-0.25, -0.2) is 15.0 Å². The van der Waals surface area contributed by atoms with Gasteiger partial charge in [-0.3, -0.25) is 9.78 Å². The third kappa shape index (κ3) is 5.57. The molecule has 1 N–H and O–H groups in total. The topological polar surface area (TPSA) is 84.0 Å². The fourth-order valence-corrected chi connectivity index (χ4v) is 3.31. The predicted molar refractivity (Wildman–Crippen MR) is 124 cm³/mol. The van der Waals surface area contributed by atoms with Gasteiger partial charge < -0.3 is 9.64 Å². The Kier molecular flexibility index (Phi) is 6.55. The largest absolute Gasteiger partial charge is 0.457 e. The van der Waals surface area contributed by atoms with E-state index in [-0.39, 0.29) is 5.56 Å². The molecule has 162 valence electrons. The minimum absolute atomic E-state index is 0.150. The van der Waals surface area contributed by atoms with E-state index in [9.17, 15) is 4.79 Å². The second-order valence-electron chi connectivity index (χ2n) is 7.72. The van der Waals surface area contributed by atoms with E-state index in [1.165, 1.54) is 11.9 Å². The number of aromatic amines is 1. The Morgan fingerprint density at radius 3 is 2.47 bits per heavy atom. The van der Waals surface area contributed by atoms with Gasteiger partial charge in [-0.15, -0.1) is 0 Å². The first-order valence-electron chi connectivity index (χ1n) is 10.4. The minimum atomic E-state index is -0.150. The van der Waals surface area contributed by atoms with Crippen molar-refractivity contribution < 1.29 is 4.74 Å². The van der Waals surface area contributed by atoms with Gasteiger partial charge in [0.25, 0.3) is 5.56 Å². The van der Waals surface area contributed by atoms with E-state index in [4.69, 9.17) is 4.74 Å². The molecule has 2 aromatic heterocycles. The molecule has 0 atom stereocenters. The van der Waals surface area contributed by atoms with Crippen LogP contribution in [-0.2, 0) is 12.8 Å². The number of rotatable bonds is 8. The molecule has 0 saturated heterocycles. The van der Waals surface area contributed by atoms with Crippen LogP contribution in [0.25, 0.3) is 0 Å². The number of H-pyrrole nitrogens is 1. The monoisotopic (exact) mass is 427 g/mol. The van der Waals surface area contributed by atoms with E-state index < -0.39 is 0 Å². The third-order valence-electron chi connectivity index (χ3n) is 5.11. The molecule has 7 nitrogen and oxygen atoms in total. The van der Waals surface area contributed by atoms with Gasteiger partial charge in [-0.2, -0.15) is 0 Å². The SMILES string of the molecule is Cc1cccc(Oc2ccc(CCN(C)c3ncc(Cc4cncnc4)c(=O)[nH]3)cc2)c1. The van der Waals surface area contributed by atoms with E-state index in [0.717, 1.165) is 29.0 Å². The fourth-order valence-electron chi connectivity index (χ4n) is 3.31. The minimum Gasteiger partial charge on any atom is -0.457 e. The van der Waals surface area contributed by atoms with E-state index in [2.05, 4.69) is 32.1 Å². The van der Waals surface area contributed by atoms with Crippen molar-refractivity contribution >= 4 is 5.95 Å². The van der Waals surface area contributed by atoms with Crippen LogP contribution in [0.3, 0.4) is 0 Å². The van der Waals surface area contributed by atoms with Crippen molar-refractivity contribution in [1.82, 2.24) is 19.9 Å². The van der Waals surface area contributed by atoms with Crippen LogP contribution in [0, 0.1) is 6.92 Å². The summed E-state index contributed by atoms with van der Waals surface area (Å²) in [7, 11) is 1.91. The Labute approximate surface area is 186 Å². The van der Waals surface area contributed by atoms with Crippen LogP contribution in [0.2, 0.25) is 0 Å². The van der Waals surface area contributed by atoms with Gasteiger partial charge in [-0.05, 0) is 54.3 Å². The highest BCUT2D eigenvalue weighted by molar-refractivity contribution is 5.36. The number of aromatic nitrogens is 4. The van der Waals surface area contributed by atoms with Crippen LogP contribution in [0.5, 0.6) is 11.5 Å². The van der Waals surface area contributed by atoms with Crippen LogP contribution >= 0.6 is 0 Å². The zero-order valence-electron chi connectivity index (χ0n) is 18.2. The number of benzene rings is 2. The molecule has 7 heteroatoms. The Bertz CT molecular complexity index is 1220. The molecule has 0 bridgehead atoms. The smallest absolute Gasteiger partial charge is 0.255 e. The van der Waals surface area contributed by atoms with Crippen LogP contribution in [0.4, 0.5) is 5.95 Å². The Morgan fingerprint density at radius 2 is 1.75 bits per heavy atom. The lowest BCUT2D eigenvalue weighted by Crippen LogP contribution is -2.26. The Balaban J connectivity index is 1.33. The normalized spacial score (nSPS) is 10.7. The first-order valence-corrected chi connectivity index (χ1v) is 10.4. The standard InChI is InChI=1S/C25H25N5O2/c1-18-4-3-5-23(12-18)32-22-8-6-19(7-9-22)10-11-30(2)25-28-16-21(24(31)29-25)13-20-14-26-17-27-15-20/h3-9,12,14-17H,10-11,13H2,1-2H3,(H,28,29,31). The molecule has 0 saturated carbocycles. The van der Waals surface area contributed by atoms with E-state index >= 15 is 0 Å². The molecule has 0 spiro atoms. The van der Waals surface area contributed by atoms with Crippen LogP contribution in [0.1, 0.15) is 22.3 Å². The van der Waals surface area contributed by atoms with E-state index in [1.807, 2.05) is 55.3 Å². The lowest BCUT2D eigenvalue weighted by atomic mass is 10.1. The van der Waals surface area contributed by atoms with Gasteiger partial charge >= 0.3 is 0 Å². The lowest BCUT2D eigenvalue weighted by molar-refractivity contribution is 0.482. The predicted octanol–water partition coefficient (Wildman–Crippen LogP) is 3.93. The van der Waals surface area contributed by atoms with Gasteiger partial charge in [0.05, 0.1) is 0 Å². The van der Waals surface area contributed by atoms with Gasteiger partial charge in [0, 0.05) is 44.2 Å². The molecule has 0 fully saturated rings. The molecule has 0 aliphatic carbocycles. The number of nitrogens with zero attached hydrogens (tertiary/aromatic N) is 4. The summed E-state index contributed by atoms with van der Waals surface area (Å²) in [5.41, 5.74) is 3.65. The highest BCUT2D eigenvalue weighted by atomic mass is 16.5. The summed E-state index contributed by atoms with van der Waals surface area (Å²) in [4.78, 5) is 29.6. The summed E-state index contributed by atoms with van der Waals surface area (Å²) in [5.74, 6) is 2.18. The van der Waals surface area contributed by atoms with Gasteiger partial charge in [0.2, 0.25) is 5.95 Å². The Hall–Kier alpha value is -4.00. The first kappa shape index (κ1) is 21.2. The number of aryl methyl sites for hydroxylation is 1. The van der Waals surface area contributed by atoms with Crippen LogP contribution in [-0.4, -0.2) is 33.5 Å². The summed E-state index contributed by atoms with van der Waals surface area (Å²) >= 11 is 0. The molecule has 32 heavy (non-hydrogen) atoms. The molecule has 0 aliphatic heterocycles. The number of hydrogen-bond acceptors (Lipinski definition) is 6. The van der Waals surface area contributed by atoms with Crippen molar-refractivity contribution in [1.29, 1.82) is 0 Å². The lowest BCUT2D eigenvalue weighted by Gasteiger charge is -2.17. The molecule has 0 unspecified atom stereocenters. The van der Waals surface area contributed by atoms with Gasteiger partial charge in [0.1, 0.15) is 17.8 Å². The quantitative estimate of drug-likeness (QED) is 0.459. The molecule has 0 aliphatic rings. The number of likely N-dealkylation sites (N-methyl/N-ethyl adjacent to an activating group) is 1. The van der Waals surface area contributed by atoms with Crippen molar-refractivity contribution in [3.8, 4) is 11.5 Å². The highest BCUT2D eigenvalue weighted by Crippen LogP contribution is 2.22. The summed E-state index contributed by atoms with van der Waals surface area (Å²) in [6, 6.07) is 16.0. The Morgan fingerprint density at radius 1 is 0.969 bits per heavy atom. The number of nitrogens with one attached hydrogen (secondary N) is 1. The molecule has 2 aromatic carbocycles. The molecule has 0 radical (unpaired) electrons. The average Bonchev–Trinajstić information content (AvgIpc) is 2.80. The molecule has 4 rings (SSSR count). The molecular weight excluding hydrogens is 402 g/mol. The zero-order valence-corrected chi connectivity index (χ0v) is 18.2. The number of anilines is 1. The summed E-state index contributed by atoms with van der Waals surface area (Å²) in [6.07, 6.45) is 7.75. The summed E-state index contributed by atoms with van der Waals surface area (Å²) in [5, 5.41) is 0. The van der Waals surface area contributed by atoms with Crippen molar-refractivity contribution in [3.63, 3.8) is 0 Å². The van der Waals surface area contributed by atoms with Crippen LogP contribution in [0.15, 0.2) is 78.2 Å². The third-order valence-corrected chi connectivity index (χ3v) is 5.11. The van der Waals surface area contributed by atoms with Gasteiger partial charge in [0.15, 0.2) is 0 Å². The molecular formula is C25H25N5O2. The molecule has 2 heterocycles. The zero-order chi connectivity index (χ0) is 22.3. The fraction of sp³-hybridized carbons (Fsp3) is 0.200. The van der Waals surface area contributed by atoms with Crippen LogP contribution < -0.4 is 15.2 Å². The number of hydrogen-bond donors (Lipinski definition) is 1. The maximum Gasteiger partial charge on any atom is 0.255 e. The summed E-state index contributed by atoms with van der Waals surface area (Å²) in [6.45, 7) is 2.76. The second-order valence-corrected chi connectivity index (χ2v) is 7.72. The van der Waals surface area contributed by atoms with E-state index in [1.54, 1.807) is 18.6 Å². The van der Waals surface area contributed by atoms with Crippen molar-refractivity contribution in [3.05, 3.63) is 106 Å². The highest BCUT2D eigenvalue weighted by Gasteiger charge is 2.08. The van der Waals surface area contributed by atoms with Crippen molar-refractivity contribution in [2.24, 2.45) is 0 Å². The number of ether oxygens (including phenoxy) is 1. The average molecular weight is 428 g/mol. The first-order chi connectivity index (χ1) is 15.6. The van der Waals surface area contributed by atoms with E-state index in [0.29, 0.717) is 24.5 Å². The second kappa shape index (κ2) is 9.87. The molecule has 4 aromatic rings. The van der Waals surface area contributed by atoms with Crippen molar-refractivity contribution in [2.45, 2.75) is 19.8 Å². The van der Waals surface area contributed by atoms with Gasteiger partial charge in [-0.1, -0.05) is 24.3 Å². The van der Waals surface area contributed by atoms with Crippen molar-refractivity contribution in [2.75, 3.05) is 18.5 Å². The maximum absolute atomic E-state index is 12.5.